The fourth-order valence-corrected chi connectivity index (χ4v) is 1.34. The van der Waals surface area contributed by atoms with Crippen molar-refractivity contribution >= 4 is 11.0 Å². The van der Waals surface area contributed by atoms with E-state index in [2.05, 4.69) is 16.0 Å². The van der Waals surface area contributed by atoms with Crippen LogP contribution in [-0.2, 0) is 5.41 Å². The lowest BCUT2D eigenvalue weighted by Crippen LogP contribution is -2.13. The van der Waals surface area contributed by atoms with Crippen molar-refractivity contribution in [2.75, 3.05) is 0 Å². The molecule has 0 saturated heterocycles. The Balaban J connectivity index is 2.61. The Kier molecular flexibility index (Phi) is 1.78. The van der Waals surface area contributed by atoms with Gasteiger partial charge < -0.3 is 4.98 Å². The molecule has 0 aliphatic heterocycles. The standard InChI is InChI=1S/C11H11N3/c1-11(2,7-12)8-5-10-9(14-6-8)3-4-13-10/h3-6,13H,1-2H3. The van der Waals surface area contributed by atoms with Crippen molar-refractivity contribution in [2.45, 2.75) is 19.3 Å². The second kappa shape index (κ2) is 2.85. The SMILES string of the molecule is CC(C)(C#N)c1cnc2cc[nH]c2c1. The van der Waals surface area contributed by atoms with E-state index in [1.54, 1.807) is 6.20 Å². The molecule has 0 radical (unpaired) electrons. The number of nitrogens with zero attached hydrogens (tertiary/aromatic N) is 2. The van der Waals surface area contributed by atoms with Crippen molar-refractivity contribution < 1.29 is 0 Å². The zero-order valence-corrected chi connectivity index (χ0v) is 8.20. The van der Waals surface area contributed by atoms with E-state index in [-0.39, 0.29) is 0 Å². The predicted molar refractivity (Wildman–Crippen MR) is 54.7 cm³/mol. The molecule has 70 valence electrons. The number of nitriles is 1. The van der Waals surface area contributed by atoms with Crippen LogP contribution in [-0.4, -0.2) is 9.97 Å². The fourth-order valence-electron chi connectivity index (χ4n) is 1.34. The maximum atomic E-state index is 8.98. The number of H-pyrrole nitrogens is 1. The fraction of sp³-hybridized carbons (Fsp3) is 0.273. The molecule has 2 aromatic rings. The van der Waals surface area contributed by atoms with Crippen LogP contribution in [0, 0.1) is 11.3 Å². The van der Waals surface area contributed by atoms with Crippen molar-refractivity contribution in [3.63, 3.8) is 0 Å². The average molecular weight is 185 g/mol. The number of nitrogens with one attached hydrogen (secondary N) is 1. The number of aromatic nitrogens is 2. The van der Waals surface area contributed by atoms with E-state index < -0.39 is 5.41 Å². The van der Waals surface area contributed by atoms with Gasteiger partial charge in [-0.15, -0.1) is 0 Å². The van der Waals surface area contributed by atoms with Crippen molar-refractivity contribution in [1.29, 1.82) is 5.26 Å². The third-order valence-corrected chi connectivity index (χ3v) is 2.40. The van der Waals surface area contributed by atoms with Crippen LogP contribution in [0.2, 0.25) is 0 Å². The highest BCUT2D eigenvalue weighted by molar-refractivity contribution is 5.75. The summed E-state index contributed by atoms with van der Waals surface area (Å²) in [7, 11) is 0. The molecule has 14 heavy (non-hydrogen) atoms. The number of fused-ring (bicyclic) bond motifs is 1. The lowest BCUT2D eigenvalue weighted by Gasteiger charge is -2.14. The molecule has 1 N–H and O–H groups in total. The van der Waals surface area contributed by atoms with E-state index in [9.17, 15) is 0 Å². The van der Waals surface area contributed by atoms with Crippen molar-refractivity contribution in [3.8, 4) is 6.07 Å². The summed E-state index contributed by atoms with van der Waals surface area (Å²) in [6.07, 6.45) is 3.61. The zero-order valence-electron chi connectivity index (χ0n) is 8.20. The first-order valence-electron chi connectivity index (χ1n) is 4.48. The highest BCUT2D eigenvalue weighted by Gasteiger charge is 2.20. The van der Waals surface area contributed by atoms with E-state index in [4.69, 9.17) is 5.26 Å². The third kappa shape index (κ3) is 1.25. The number of pyridine rings is 1. The summed E-state index contributed by atoms with van der Waals surface area (Å²) in [6.45, 7) is 3.78. The summed E-state index contributed by atoms with van der Waals surface area (Å²) >= 11 is 0. The first-order valence-corrected chi connectivity index (χ1v) is 4.48. The Labute approximate surface area is 82.4 Å². The van der Waals surface area contributed by atoms with Crippen molar-refractivity contribution in [1.82, 2.24) is 9.97 Å². The van der Waals surface area contributed by atoms with E-state index in [1.807, 2.05) is 32.2 Å². The summed E-state index contributed by atoms with van der Waals surface area (Å²) in [6, 6.07) is 6.15. The normalized spacial score (nSPS) is 11.5. The molecule has 0 amide bonds. The summed E-state index contributed by atoms with van der Waals surface area (Å²) < 4.78 is 0. The lowest BCUT2D eigenvalue weighted by molar-refractivity contribution is 0.684. The molecular weight excluding hydrogens is 174 g/mol. The maximum Gasteiger partial charge on any atom is 0.0878 e. The second-order valence-electron chi connectivity index (χ2n) is 3.87. The molecule has 2 rings (SSSR count). The molecule has 2 heterocycles. The molecule has 3 heteroatoms. The van der Waals surface area contributed by atoms with Gasteiger partial charge in [0.25, 0.3) is 0 Å². The minimum Gasteiger partial charge on any atom is -0.360 e. The van der Waals surface area contributed by atoms with Crippen molar-refractivity contribution in [2.24, 2.45) is 0 Å². The van der Waals surface area contributed by atoms with Gasteiger partial charge in [0.15, 0.2) is 0 Å². The summed E-state index contributed by atoms with van der Waals surface area (Å²) in [5, 5.41) is 8.98. The predicted octanol–water partition coefficient (Wildman–Crippen LogP) is 2.36. The highest BCUT2D eigenvalue weighted by atomic mass is 14.8. The average Bonchev–Trinajstić information content (AvgIpc) is 2.64. The number of aromatic amines is 1. The van der Waals surface area contributed by atoms with Crippen LogP contribution >= 0.6 is 0 Å². The van der Waals surface area contributed by atoms with E-state index in [0.29, 0.717) is 0 Å². The molecular formula is C11H11N3. The molecule has 0 bridgehead atoms. The largest absolute Gasteiger partial charge is 0.360 e. The van der Waals surface area contributed by atoms with Crippen LogP contribution in [0.5, 0.6) is 0 Å². The van der Waals surface area contributed by atoms with Crippen LogP contribution in [0.15, 0.2) is 24.5 Å². The summed E-state index contributed by atoms with van der Waals surface area (Å²) in [4.78, 5) is 7.36. The van der Waals surface area contributed by atoms with Crippen LogP contribution in [0.3, 0.4) is 0 Å². The second-order valence-corrected chi connectivity index (χ2v) is 3.87. The van der Waals surface area contributed by atoms with Crippen LogP contribution in [0.4, 0.5) is 0 Å². The van der Waals surface area contributed by atoms with Crippen molar-refractivity contribution in [3.05, 3.63) is 30.1 Å². The van der Waals surface area contributed by atoms with E-state index in [1.165, 1.54) is 0 Å². The molecule has 0 atom stereocenters. The first kappa shape index (κ1) is 8.76. The van der Waals surface area contributed by atoms with Gasteiger partial charge in [-0.1, -0.05) is 0 Å². The molecule has 0 aliphatic carbocycles. The molecule has 0 aromatic carbocycles. The Morgan fingerprint density at radius 1 is 1.50 bits per heavy atom. The lowest BCUT2D eigenvalue weighted by atomic mass is 9.87. The van der Waals surface area contributed by atoms with E-state index in [0.717, 1.165) is 16.6 Å². The molecule has 0 aliphatic rings. The monoisotopic (exact) mass is 185 g/mol. The minimum absolute atomic E-state index is 0.480. The van der Waals surface area contributed by atoms with Crippen LogP contribution in [0.25, 0.3) is 11.0 Å². The van der Waals surface area contributed by atoms with Gasteiger partial charge in [-0.25, -0.2) is 0 Å². The Bertz CT molecular complexity index is 502. The van der Waals surface area contributed by atoms with Crippen LogP contribution < -0.4 is 0 Å². The Hall–Kier alpha value is -1.82. The Morgan fingerprint density at radius 3 is 3.00 bits per heavy atom. The van der Waals surface area contributed by atoms with Gasteiger partial charge in [-0.05, 0) is 31.5 Å². The van der Waals surface area contributed by atoms with Gasteiger partial charge in [-0.3, -0.25) is 4.98 Å². The van der Waals surface area contributed by atoms with E-state index >= 15 is 0 Å². The van der Waals surface area contributed by atoms with Gasteiger partial charge in [0.05, 0.1) is 22.5 Å². The van der Waals surface area contributed by atoms with Gasteiger partial charge in [0, 0.05) is 12.4 Å². The van der Waals surface area contributed by atoms with Gasteiger partial charge >= 0.3 is 0 Å². The summed E-state index contributed by atoms with van der Waals surface area (Å²) in [5.74, 6) is 0. The molecule has 0 spiro atoms. The number of hydrogen-bond acceptors (Lipinski definition) is 2. The van der Waals surface area contributed by atoms with Crippen LogP contribution in [0.1, 0.15) is 19.4 Å². The van der Waals surface area contributed by atoms with Gasteiger partial charge in [0.1, 0.15) is 0 Å². The van der Waals surface area contributed by atoms with Gasteiger partial charge in [-0.2, -0.15) is 5.26 Å². The Morgan fingerprint density at radius 2 is 2.29 bits per heavy atom. The zero-order chi connectivity index (χ0) is 10.2. The summed E-state index contributed by atoms with van der Waals surface area (Å²) in [5.41, 5.74) is 2.37. The topological polar surface area (TPSA) is 52.5 Å². The van der Waals surface area contributed by atoms with Gasteiger partial charge in [0.2, 0.25) is 0 Å². The molecule has 0 unspecified atom stereocenters. The first-order chi connectivity index (χ1) is 6.63. The number of rotatable bonds is 1. The quantitative estimate of drug-likeness (QED) is 0.741. The minimum atomic E-state index is -0.480. The maximum absolute atomic E-state index is 8.98. The number of hydrogen-bond donors (Lipinski definition) is 1. The third-order valence-electron chi connectivity index (χ3n) is 2.40. The molecule has 0 fully saturated rings. The molecule has 2 aromatic heterocycles. The smallest absolute Gasteiger partial charge is 0.0878 e. The molecule has 3 nitrogen and oxygen atoms in total. The molecule has 0 saturated carbocycles. The highest BCUT2D eigenvalue weighted by Crippen LogP contribution is 2.23.